The van der Waals surface area contributed by atoms with Crippen molar-refractivity contribution in [2.24, 2.45) is 4.99 Å². The van der Waals surface area contributed by atoms with Gasteiger partial charge in [-0.2, -0.15) is 5.26 Å². The highest BCUT2D eigenvalue weighted by Gasteiger charge is 2.35. The van der Waals surface area contributed by atoms with Crippen molar-refractivity contribution in [2.45, 2.75) is 72.3 Å². The molecule has 4 aromatic rings. The normalized spacial score (nSPS) is 16.1. The number of carbonyl (C=O) groups is 1. The molecule has 0 spiro atoms. The number of thiazole rings is 1. The Bertz CT molecular complexity index is 2130. The highest BCUT2D eigenvalue weighted by atomic mass is 79.9. The van der Waals surface area contributed by atoms with Crippen LogP contribution in [0.15, 0.2) is 49.8 Å². The molecular weight excluding hydrogens is 684 g/mol. The van der Waals surface area contributed by atoms with E-state index >= 15 is 0 Å². The number of allylic oxidation sites excluding steroid dienone is 1. The van der Waals surface area contributed by atoms with Gasteiger partial charge in [0, 0.05) is 16.3 Å². The average molecular weight is 720 g/mol. The number of hydrogen-bond acceptors (Lipinski definition) is 8. The Hall–Kier alpha value is -3.72. The number of aromatic nitrogens is 2. The van der Waals surface area contributed by atoms with Crippen molar-refractivity contribution in [1.82, 2.24) is 9.13 Å². The maximum absolute atomic E-state index is 14.3. The van der Waals surface area contributed by atoms with Crippen molar-refractivity contribution in [3.63, 3.8) is 0 Å². The topological polar surface area (TPSA) is 98.6 Å². The zero-order chi connectivity index (χ0) is 32.7. The lowest BCUT2D eigenvalue weighted by atomic mass is 9.94. The largest absolute Gasteiger partial charge is 0.496 e. The second-order valence-electron chi connectivity index (χ2n) is 11.5. The van der Waals surface area contributed by atoms with Crippen LogP contribution in [0.5, 0.6) is 5.75 Å². The lowest BCUT2D eigenvalue weighted by molar-refractivity contribution is -0.139. The van der Waals surface area contributed by atoms with Crippen molar-refractivity contribution in [2.75, 3.05) is 13.7 Å². The summed E-state index contributed by atoms with van der Waals surface area (Å²) < 4.78 is 16.0. The Kier molecular flexibility index (Phi) is 9.24. The summed E-state index contributed by atoms with van der Waals surface area (Å²) >= 11 is 6.62. The molecule has 0 unspecified atom stereocenters. The third-order valence-electron chi connectivity index (χ3n) is 8.61. The third kappa shape index (κ3) is 5.50. The fourth-order valence-corrected chi connectivity index (χ4v) is 9.52. The molecule has 0 saturated carbocycles. The molecule has 0 saturated heterocycles. The van der Waals surface area contributed by atoms with Gasteiger partial charge in [0.25, 0.3) is 5.56 Å². The number of ether oxygens (including phenoxy) is 2. The Balaban J connectivity index is 1.54. The number of fused-ring (bicyclic) bond motifs is 2. The molecule has 8 nitrogen and oxygen atoms in total. The van der Waals surface area contributed by atoms with Crippen LogP contribution in [0.2, 0.25) is 0 Å². The van der Waals surface area contributed by atoms with E-state index in [-0.39, 0.29) is 12.2 Å². The average Bonchev–Trinajstić information content (AvgIpc) is 3.65. The molecule has 1 atom stereocenters. The summed E-state index contributed by atoms with van der Waals surface area (Å²) in [6.07, 6.45) is 7.48. The summed E-state index contributed by atoms with van der Waals surface area (Å²) in [5.41, 5.74) is 6.37. The number of esters is 1. The maximum Gasteiger partial charge on any atom is 0.338 e. The van der Waals surface area contributed by atoms with E-state index in [1.165, 1.54) is 21.8 Å². The van der Waals surface area contributed by atoms with Gasteiger partial charge >= 0.3 is 5.97 Å². The van der Waals surface area contributed by atoms with E-state index in [0.29, 0.717) is 37.2 Å². The second kappa shape index (κ2) is 13.2. The molecule has 0 N–H and O–H groups in total. The zero-order valence-electron chi connectivity index (χ0n) is 26.5. The predicted molar refractivity (Wildman–Crippen MR) is 185 cm³/mol. The van der Waals surface area contributed by atoms with Crippen LogP contribution in [-0.2, 0) is 22.4 Å². The maximum atomic E-state index is 14.3. The molecule has 238 valence electrons. The number of carbonyl (C=O) groups excluding carboxylic acids is 1. The summed E-state index contributed by atoms with van der Waals surface area (Å²) in [5, 5.41) is 11.1. The van der Waals surface area contributed by atoms with Gasteiger partial charge in [-0.05, 0) is 110 Å². The molecular formula is C35H35BrN4O4S2. The smallest absolute Gasteiger partial charge is 0.338 e. The standard InChI is InChI=1S/C35H35BrN4O4S2/c1-6-10-26-30(34(42)44-7-2)31(21-13-14-27(43-5)25(36)16-21)40-32(41)29(46-35(40)38-26)17-22-15-19(3)39(20(22)4)33-24(18-37)23-11-8-9-12-28(23)45-33/h13-17,31H,6-12H2,1-5H3/b29-17+/t31-/m1/s1. The number of halogens is 1. The van der Waals surface area contributed by atoms with Gasteiger partial charge < -0.3 is 14.0 Å². The first-order valence-corrected chi connectivity index (χ1v) is 17.9. The molecule has 2 aliphatic rings. The van der Waals surface area contributed by atoms with E-state index in [2.05, 4.69) is 32.6 Å². The van der Waals surface area contributed by atoms with E-state index in [1.807, 2.05) is 45.0 Å². The second-order valence-corrected chi connectivity index (χ2v) is 14.4. The number of nitrogens with zero attached hydrogens (tertiary/aromatic N) is 4. The van der Waals surface area contributed by atoms with E-state index < -0.39 is 12.0 Å². The van der Waals surface area contributed by atoms with E-state index in [9.17, 15) is 14.9 Å². The minimum atomic E-state index is -0.718. The van der Waals surface area contributed by atoms with Gasteiger partial charge in [0.1, 0.15) is 16.8 Å². The van der Waals surface area contributed by atoms with Crippen molar-refractivity contribution < 1.29 is 14.3 Å². The number of methoxy groups -OCH3 is 1. The quantitative estimate of drug-likeness (QED) is 0.192. The van der Waals surface area contributed by atoms with Gasteiger partial charge in [-0.1, -0.05) is 30.7 Å². The number of rotatable bonds is 8. The lowest BCUT2D eigenvalue weighted by Gasteiger charge is -2.26. The van der Waals surface area contributed by atoms with Gasteiger partial charge in [0.2, 0.25) is 0 Å². The molecule has 1 aromatic carbocycles. The van der Waals surface area contributed by atoms with Crippen molar-refractivity contribution in [3.05, 3.63) is 98.2 Å². The molecule has 46 heavy (non-hydrogen) atoms. The molecule has 1 aliphatic carbocycles. The van der Waals surface area contributed by atoms with E-state index in [1.54, 1.807) is 29.9 Å². The Morgan fingerprint density at radius 1 is 1.20 bits per heavy atom. The number of nitriles is 1. The first-order chi connectivity index (χ1) is 22.2. The molecule has 0 bridgehead atoms. The summed E-state index contributed by atoms with van der Waals surface area (Å²) in [6.45, 7) is 8.09. The first-order valence-electron chi connectivity index (χ1n) is 15.5. The van der Waals surface area contributed by atoms with Crippen LogP contribution in [-0.4, -0.2) is 28.8 Å². The highest BCUT2D eigenvalue weighted by molar-refractivity contribution is 9.10. The SMILES string of the molecule is CCCC1=C(C(=O)OCC)[C@@H](c2ccc(OC)c(Br)c2)n2c(s/c(=C/c3cc(C)n(-c4sc5c(c4C#N)CCCC5)c3C)c2=O)=N1. The van der Waals surface area contributed by atoms with Crippen molar-refractivity contribution in [1.29, 1.82) is 5.26 Å². The molecule has 4 heterocycles. The lowest BCUT2D eigenvalue weighted by Crippen LogP contribution is -2.40. The number of benzene rings is 1. The number of thiophene rings is 1. The van der Waals surface area contributed by atoms with Gasteiger partial charge in [0.05, 0.1) is 45.6 Å². The summed E-state index contributed by atoms with van der Waals surface area (Å²) in [6, 6.07) is 9.42. The molecule has 3 aromatic heterocycles. The van der Waals surface area contributed by atoms with Crippen LogP contribution in [0.25, 0.3) is 11.1 Å². The monoisotopic (exact) mass is 718 g/mol. The summed E-state index contributed by atoms with van der Waals surface area (Å²) in [7, 11) is 1.59. The van der Waals surface area contributed by atoms with Gasteiger partial charge in [-0.15, -0.1) is 11.3 Å². The van der Waals surface area contributed by atoms with Crippen LogP contribution < -0.4 is 19.6 Å². The molecule has 0 amide bonds. The fourth-order valence-electron chi connectivity index (χ4n) is 6.50. The van der Waals surface area contributed by atoms with Crippen molar-refractivity contribution >= 4 is 50.6 Å². The van der Waals surface area contributed by atoms with Crippen molar-refractivity contribution in [3.8, 4) is 16.8 Å². The third-order valence-corrected chi connectivity index (χ3v) is 11.5. The minimum Gasteiger partial charge on any atom is -0.496 e. The molecule has 11 heteroatoms. The van der Waals surface area contributed by atoms with Gasteiger partial charge in [-0.25, -0.2) is 9.79 Å². The van der Waals surface area contributed by atoms with Crippen LogP contribution in [0.1, 0.15) is 84.1 Å². The fraction of sp³-hybridized carbons (Fsp3) is 0.371. The van der Waals surface area contributed by atoms with E-state index in [4.69, 9.17) is 14.5 Å². The highest BCUT2D eigenvalue weighted by Crippen LogP contribution is 2.39. The minimum absolute atomic E-state index is 0.210. The number of hydrogen-bond donors (Lipinski definition) is 0. The predicted octanol–water partition coefficient (Wildman–Crippen LogP) is 6.57. The van der Waals surface area contributed by atoms with Crippen LogP contribution in [0.3, 0.4) is 0 Å². The zero-order valence-corrected chi connectivity index (χ0v) is 29.7. The Labute approximate surface area is 284 Å². The van der Waals surface area contributed by atoms with Gasteiger partial charge in [0.15, 0.2) is 4.80 Å². The van der Waals surface area contributed by atoms with Gasteiger partial charge in [-0.3, -0.25) is 9.36 Å². The molecule has 1 aliphatic heterocycles. The summed E-state index contributed by atoms with van der Waals surface area (Å²) in [5.74, 6) is 0.171. The molecule has 6 rings (SSSR count). The number of aryl methyl sites for hydroxylation is 2. The molecule has 0 fully saturated rings. The van der Waals surface area contributed by atoms with Crippen LogP contribution in [0.4, 0.5) is 0 Å². The Morgan fingerprint density at radius 3 is 2.67 bits per heavy atom. The summed E-state index contributed by atoms with van der Waals surface area (Å²) in [4.78, 5) is 34.6. The molecule has 0 radical (unpaired) electrons. The van der Waals surface area contributed by atoms with E-state index in [0.717, 1.165) is 65.2 Å². The Morgan fingerprint density at radius 2 is 1.98 bits per heavy atom. The first kappa shape index (κ1) is 32.2. The van der Waals surface area contributed by atoms with Crippen LogP contribution >= 0.6 is 38.6 Å². The van der Waals surface area contributed by atoms with Crippen LogP contribution in [0, 0.1) is 25.2 Å².